The van der Waals surface area contributed by atoms with Gasteiger partial charge in [0.1, 0.15) is 6.33 Å². The molecule has 2 aromatic heterocycles. The van der Waals surface area contributed by atoms with Crippen LogP contribution in [0.4, 0.5) is 5.82 Å². The number of nitrogens with zero attached hydrogens (tertiary/aromatic N) is 8. The highest BCUT2D eigenvalue weighted by Crippen LogP contribution is 2.28. The Labute approximate surface area is 181 Å². The van der Waals surface area contributed by atoms with E-state index in [9.17, 15) is 4.79 Å². The number of hydrogen-bond donors (Lipinski definition) is 0. The molecule has 2 aliphatic heterocycles. The van der Waals surface area contributed by atoms with E-state index in [-0.39, 0.29) is 11.8 Å². The molecule has 0 radical (unpaired) electrons. The van der Waals surface area contributed by atoms with Crippen molar-refractivity contribution in [3.8, 4) is 0 Å². The Morgan fingerprint density at radius 1 is 1.06 bits per heavy atom. The first-order chi connectivity index (χ1) is 15.2. The summed E-state index contributed by atoms with van der Waals surface area (Å²) < 4.78 is 1.76. The molecule has 9 heteroatoms. The standard InChI is InChI=1S/C22H28N8O/c1-2-30-21-19(25-26-30)20(23-16-24-21)29-14-18(15-29)22(31)28-12-10-27(11-13-28)9-8-17-6-4-3-5-7-17/h3-7,16,18H,2,8-15H2,1H3. The normalized spacial score (nSPS) is 17.8. The van der Waals surface area contributed by atoms with E-state index in [2.05, 4.69) is 60.4 Å². The summed E-state index contributed by atoms with van der Waals surface area (Å²) in [6.07, 6.45) is 2.61. The minimum Gasteiger partial charge on any atom is -0.353 e. The van der Waals surface area contributed by atoms with Crippen LogP contribution in [0.25, 0.3) is 11.2 Å². The van der Waals surface area contributed by atoms with Crippen LogP contribution in [0.1, 0.15) is 12.5 Å². The topological polar surface area (TPSA) is 83.3 Å². The Hall–Kier alpha value is -3.07. The zero-order valence-electron chi connectivity index (χ0n) is 17.9. The van der Waals surface area contributed by atoms with Gasteiger partial charge in [-0.05, 0) is 18.9 Å². The summed E-state index contributed by atoms with van der Waals surface area (Å²) >= 11 is 0. The summed E-state index contributed by atoms with van der Waals surface area (Å²) in [6.45, 7) is 8.64. The van der Waals surface area contributed by atoms with Gasteiger partial charge in [0.2, 0.25) is 5.91 Å². The first-order valence-corrected chi connectivity index (χ1v) is 11.1. The maximum absolute atomic E-state index is 13.0. The Morgan fingerprint density at radius 3 is 2.58 bits per heavy atom. The van der Waals surface area contributed by atoms with E-state index in [0.717, 1.165) is 50.6 Å². The Balaban J connectivity index is 1.12. The van der Waals surface area contributed by atoms with Gasteiger partial charge in [-0.1, -0.05) is 35.5 Å². The van der Waals surface area contributed by atoms with Crippen molar-refractivity contribution in [3.63, 3.8) is 0 Å². The van der Waals surface area contributed by atoms with E-state index in [4.69, 9.17) is 0 Å². The van der Waals surface area contributed by atoms with Crippen LogP contribution in [-0.2, 0) is 17.8 Å². The van der Waals surface area contributed by atoms with Gasteiger partial charge in [0, 0.05) is 52.4 Å². The summed E-state index contributed by atoms with van der Waals surface area (Å²) in [5.41, 5.74) is 2.82. The van der Waals surface area contributed by atoms with E-state index in [1.807, 2.05) is 11.8 Å². The first-order valence-electron chi connectivity index (χ1n) is 11.1. The summed E-state index contributed by atoms with van der Waals surface area (Å²) in [6, 6.07) is 10.6. The molecule has 2 fully saturated rings. The van der Waals surface area contributed by atoms with Gasteiger partial charge in [-0.3, -0.25) is 9.69 Å². The van der Waals surface area contributed by atoms with Crippen molar-refractivity contribution >= 4 is 22.9 Å². The third-order valence-electron chi connectivity index (χ3n) is 6.35. The highest BCUT2D eigenvalue weighted by molar-refractivity contribution is 5.86. The summed E-state index contributed by atoms with van der Waals surface area (Å²) in [7, 11) is 0. The number of rotatable bonds is 6. The lowest BCUT2D eigenvalue weighted by atomic mass is 9.98. The third kappa shape index (κ3) is 3.97. The maximum Gasteiger partial charge on any atom is 0.229 e. The number of aromatic nitrogens is 5. The van der Waals surface area contributed by atoms with E-state index >= 15 is 0 Å². The highest BCUT2D eigenvalue weighted by Gasteiger charge is 2.38. The molecule has 3 aromatic rings. The third-order valence-corrected chi connectivity index (χ3v) is 6.35. The van der Waals surface area contributed by atoms with Gasteiger partial charge in [-0.25, -0.2) is 14.6 Å². The van der Waals surface area contributed by atoms with Crippen molar-refractivity contribution in [2.75, 3.05) is 50.7 Å². The van der Waals surface area contributed by atoms with Gasteiger partial charge in [-0.15, -0.1) is 5.10 Å². The lowest BCUT2D eigenvalue weighted by Gasteiger charge is -2.43. The van der Waals surface area contributed by atoms with Crippen LogP contribution in [0.15, 0.2) is 36.7 Å². The minimum atomic E-state index is 0.0297. The van der Waals surface area contributed by atoms with E-state index in [1.165, 1.54) is 5.56 Å². The molecule has 162 valence electrons. The number of carbonyl (C=O) groups excluding carboxylic acids is 1. The molecule has 4 heterocycles. The fourth-order valence-electron chi connectivity index (χ4n) is 4.41. The van der Waals surface area contributed by atoms with E-state index in [1.54, 1.807) is 11.0 Å². The van der Waals surface area contributed by atoms with E-state index < -0.39 is 0 Å². The predicted octanol–water partition coefficient (Wildman–Crippen LogP) is 1.06. The van der Waals surface area contributed by atoms with Crippen molar-refractivity contribution in [2.45, 2.75) is 19.9 Å². The van der Waals surface area contributed by atoms with Crippen molar-refractivity contribution in [3.05, 3.63) is 42.2 Å². The molecule has 0 spiro atoms. The molecule has 31 heavy (non-hydrogen) atoms. The predicted molar refractivity (Wildman–Crippen MR) is 118 cm³/mol. The van der Waals surface area contributed by atoms with Crippen LogP contribution in [-0.4, -0.2) is 86.5 Å². The second-order valence-electron chi connectivity index (χ2n) is 8.28. The van der Waals surface area contributed by atoms with Crippen molar-refractivity contribution < 1.29 is 4.79 Å². The molecule has 0 atom stereocenters. The molecule has 0 aliphatic carbocycles. The molecule has 0 bridgehead atoms. The second-order valence-corrected chi connectivity index (χ2v) is 8.28. The molecule has 1 amide bonds. The zero-order chi connectivity index (χ0) is 21.2. The molecule has 5 rings (SSSR count). The fourth-order valence-corrected chi connectivity index (χ4v) is 4.41. The fraction of sp³-hybridized carbons (Fsp3) is 0.500. The van der Waals surface area contributed by atoms with Gasteiger partial charge in [0.25, 0.3) is 0 Å². The number of carbonyl (C=O) groups is 1. The molecule has 0 saturated carbocycles. The maximum atomic E-state index is 13.0. The molecular weight excluding hydrogens is 392 g/mol. The van der Waals surface area contributed by atoms with Crippen molar-refractivity contribution in [2.24, 2.45) is 5.92 Å². The number of piperazine rings is 1. The molecule has 2 saturated heterocycles. The summed E-state index contributed by atoms with van der Waals surface area (Å²) in [4.78, 5) is 28.3. The number of fused-ring (bicyclic) bond motifs is 1. The van der Waals surface area contributed by atoms with Crippen LogP contribution >= 0.6 is 0 Å². The van der Waals surface area contributed by atoms with Gasteiger partial charge >= 0.3 is 0 Å². The van der Waals surface area contributed by atoms with Gasteiger partial charge < -0.3 is 9.80 Å². The largest absolute Gasteiger partial charge is 0.353 e. The molecule has 9 nitrogen and oxygen atoms in total. The molecule has 0 unspecified atom stereocenters. The number of hydrogen-bond acceptors (Lipinski definition) is 7. The molecular formula is C22H28N8O. The quantitative estimate of drug-likeness (QED) is 0.590. The highest BCUT2D eigenvalue weighted by atomic mass is 16.2. The van der Waals surface area contributed by atoms with Crippen molar-refractivity contribution in [1.29, 1.82) is 0 Å². The van der Waals surface area contributed by atoms with Crippen LogP contribution in [0.5, 0.6) is 0 Å². The Bertz CT molecular complexity index is 1040. The van der Waals surface area contributed by atoms with Gasteiger partial charge in [0.05, 0.1) is 5.92 Å². The average molecular weight is 421 g/mol. The Morgan fingerprint density at radius 2 is 1.84 bits per heavy atom. The molecule has 0 N–H and O–H groups in total. The summed E-state index contributed by atoms with van der Waals surface area (Å²) in [5, 5.41) is 8.39. The monoisotopic (exact) mass is 420 g/mol. The lowest BCUT2D eigenvalue weighted by molar-refractivity contribution is -0.138. The van der Waals surface area contributed by atoms with Crippen molar-refractivity contribution in [1.82, 2.24) is 34.8 Å². The zero-order valence-corrected chi connectivity index (χ0v) is 17.9. The Kier molecular flexibility index (Phi) is 5.50. The average Bonchev–Trinajstić information content (AvgIpc) is 3.22. The molecule has 1 aromatic carbocycles. The minimum absolute atomic E-state index is 0.0297. The van der Waals surface area contributed by atoms with Crippen LogP contribution in [0.3, 0.4) is 0 Å². The van der Waals surface area contributed by atoms with Gasteiger partial charge in [0.15, 0.2) is 17.0 Å². The second kappa shape index (κ2) is 8.58. The number of amides is 1. The first kappa shape index (κ1) is 19.9. The smallest absolute Gasteiger partial charge is 0.229 e. The molecule has 2 aliphatic rings. The SMILES string of the molecule is CCn1nnc2c(N3CC(C(=O)N4CCN(CCc5ccccc5)CC4)C3)ncnc21. The van der Waals surface area contributed by atoms with E-state index in [0.29, 0.717) is 25.2 Å². The lowest BCUT2D eigenvalue weighted by Crippen LogP contribution is -2.58. The number of anilines is 1. The van der Waals surface area contributed by atoms with Crippen LogP contribution in [0.2, 0.25) is 0 Å². The summed E-state index contributed by atoms with van der Waals surface area (Å²) in [5.74, 6) is 1.07. The van der Waals surface area contributed by atoms with Crippen LogP contribution < -0.4 is 4.90 Å². The number of aryl methyl sites for hydroxylation is 1. The van der Waals surface area contributed by atoms with Gasteiger partial charge in [-0.2, -0.15) is 0 Å². The van der Waals surface area contributed by atoms with Crippen LogP contribution in [0, 0.1) is 5.92 Å². The number of benzene rings is 1.